The van der Waals surface area contributed by atoms with Crippen molar-refractivity contribution in [1.82, 2.24) is 0 Å². The van der Waals surface area contributed by atoms with Gasteiger partial charge in [-0.25, -0.2) is 4.79 Å². The number of rotatable bonds is 3. The summed E-state index contributed by atoms with van der Waals surface area (Å²) in [5.74, 6) is -0.442. The lowest BCUT2D eigenvalue weighted by molar-refractivity contribution is 0.00696. The zero-order valence-corrected chi connectivity index (χ0v) is 11.0. The maximum atomic E-state index is 11.9. The number of benzene rings is 1. The number of carbonyl (C=O) groups is 1. The van der Waals surface area contributed by atoms with Gasteiger partial charge in [0, 0.05) is 6.61 Å². The van der Waals surface area contributed by atoms with Crippen LogP contribution in [-0.2, 0) is 11.2 Å². The molecule has 0 aromatic heterocycles. The molecule has 0 aliphatic rings. The molecule has 0 atom stereocenters. The number of esters is 1. The summed E-state index contributed by atoms with van der Waals surface area (Å²) in [5.41, 5.74) is 0.651. The first-order chi connectivity index (χ1) is 7.83. The zero-order valence-electron chi connectivity index (χ0n) is 10.3. The predicted octanol–water partition coefficient (Wildman–Crippen LogP) is 2.83. The molecule has 1 aromatic rings. The third kappa shape index (κ3) is 4.36. The summed E-state index contributed by atoms with van der Waals surface area (Å²) >= 11 is 5.96. The third-order valence-corrected chi connectivity index (χ3v) is 2.38. The van der Waals surface area contributed by atoms with Gasteiger partial charge in [0.1, 0.15) is 5.60 Å². The average molecular weight is 257 g/mol. The van der Waals surface area contributed by atoms with Gasteiger partial charge < -0.3 is 9.84 Å². The second-order valence-electron chi connectivity index (χ2n) is 4.79. The Kier molecular flexibility index (Phi) is 4.54. The monoisotopic (exact) mass is 256 g/mol. The van der Waals surface area contributed by atoms with E-state index in [1.54, 1.807) is 39.0 Å². The predicted molar refractivity (Wildman–Crippen MR) is 67.4 cm³/mol. The van der Waals surface area contributed by atoms with Gasteiger partial charge in [-0.05, 0) is 44.9 Å². The standard InChI is InChI=1S/C13H17ClO3/c1-13(2,3)17-12(16)10-8-9(6-7-15)4-5-11(10)14/h4-5,8,15H,6-7H2,1-3H3. The minimum absolute atomic E-state index is 0.0371. The molecule has 1 aromatic carbocycles. The molecule has 94 valence electrons. The van der Waals surface area contributed by atoms with E-state index >= 15 is 0 Å². The maximum Gasteiger partial charge on any atom is 0.340 e. The van der Waals surface area contributed by atoms with E-state index in [1.807, 2.05) is 0 Å². The van der Waals surface area contributed by atoms with Crippen molar-refractivity contribution in [1.29, 1.82) is 0 Å². The van der Waals surface area contributed by atoms with Crippen LogP contribution in [-0.4, -0.2) is 23.3 Å². The van der Waals surface area contributed by atoms with Crippen LogP contribution in [0.4, 0.5) is 0 Å². The molecule has 0 heterocycles. The van der Waals surface area contributed by atoms with Gasteiger partial charge in [0.15, 0.2) is 0 Å². The van der Waals surface area contributed by atoms with Crippen LogP contribution in [0.25, 0.3) is 0 Å². The molecule has 0 unspecified atom stereocenters. The second kappa shape index (κ2) is 5.52. The molecule has 0 saturated heterocycles. The van der Waals surface area contributed by atoms with Crippen LogP contribution in [0.1, 0.15) is 36.7 Å². The van der Waals surface area contributed by atoms with Gasteiger partial charge >= 0.3 is 5.97 Å². The normalized spacial score (nSPS) is 11.4. The fourth-order valence-corrected chi connectivity index (χ4v) is 1.54. The third-order valence-electron chi connectivity index (χ3n) is 2.05. The minimum atomic E-state index is -0.548. The number of hydrogen-bond acceptors (Lipinski definition) is 3. The molecule has 0 aliphatic heterocycles. The quantitative estimate of drug-likeness (QED) is 0.846. The van der Waals surface area contributed by atoms with Crippen molar-refractivity contribution in [2.45, 2.75) is 32.8 Å². The van der Waals surface area contributed by atoms with Crippen LogP contribution in [0, 0.1) is 0 Å². The molecule has 17 heavy (non-hydrogen) atoms. The first-order valence-corrected chi connectivity index (χ1v) is 5.84. The van der Waals surface area contributed by atoms with Crippen molar-refractivity contribution in [3.8, 4) is 0 Å². The van der Waals surface area contributed by atoms with E-state index in [9.17, 15) is 4.79 Å². The Bertz CT molecular complexity index is 408. The van der Waals surface area contributed by atoms with Crippen molar-refractivity contribution < 1.29 is 14.6 Å². The fraction of sp³-hybridized carbons (Fsp3) is 0.462. The van der Waals surface area contributed by atoms with Gasteiger partial charge in [0.25, 0.3) is 0 Å². The summed E-state index contributed by atoms with van der Waals surface area (Å²) < 4.78 is 5.25. The van der Waals surface area contributed by atoms with Crippen molar-refractivity contribution >= 4 is 17.6 Å². The van der Waals surface area contributed by atoms with Gasteiger partial charge in [-0.15, -0.1) is 0 Å². The van der Waals surface area contributed by atoms with E-state index in [0.717, 1.165) is 5.56 Å². The largest absolute Gasteiger partial charge is 0.456 e. The first-order valence-electron chi connectivity index (χ1n) is 5.46. The lowest BCUT2D eigenvalue weighted by atomic mass is 10.1. The highest BCUT2D eigenvalue weighted by Gasteiger charge is 2.20. The summed E-state index contributed by atoms with van der Waals surface area (Å²) in [6.07, 6.45) is 0.493. The molecule has 3 nitrogen and oxygen atoms in total. The van der Waals surface area contributed by atoms with Crippen LogP contribution < -0.4 is 0 Å². The zero-order chi connectivity index (χ0) is 13.1. The molecular weight excluding hydrogens is 240 g/mol. The molecule has 0 saturated carbocycles. The SMILES string of the molecule is CC(C)(C)OC(=O)c1cc(CCO)ccc1Cl. The van der Waals surface area contributed by atoms with Crippen molar-refractivity contribution in [3.05, 3.63) is 34.3 Å². The van der Waals surface area contributed by atoms with Gasteiger partial charge in [0.05, 0.1) is 10.6 Å². The Morgan fingerprint density at radius 1 is 1.41 bits per heavy atom. The molecule has 0 amide bonds. The number of hydrogen-bond donors (Lipinski definition) is 1. The van der Waals surface area contributed by atoms with Gasteiger partial charge in [-0.2, -0.15) is 0 Å². The Balaban J connectivity index is 2.95. The van der Waals surface area contributed by atoms with E-state index in [2.05, 4.69) is 0 Å². The Morgan fingerprint density at radius 3 is 2.59 bits per heavy atom. The second-order valence-corrected chi connectivity index (χ2v) is 5.20. The molecule has 4 heteroatoms. The summed E-state index contributed by atoms with van der Waals surface area (Å²) in [4.78, 5) is 11.9. The van der Waals surface area contributed by atoms with E-state index < -0.39 is 11.6 Å². The lowest BCUT2D eigenvalue weighted by Gasteiger charge is -2.20. The number of aliphatic hydroxyl groups excluding tert-OH is 1. The van der Waals surface area contributed by atoms with E-state index in [-0.39, 0.29) is 6.61 Å². The summed E-state index contributed by atoms with van der Waals surface area (Å²) in [6.45, 7) is 5.44. The van der Waals surface area contributed by atoms with Crippen molar-refractivity contribution in [2.24, 2.45) is 0 Å². The van der Waals surface area contributed by atoms with E-state index in [4.69, 9.17) is 21.4 Å². The highest BCUT2D eigenvalue weighted by Crippen LogP contribution is 2.21. The molecule has 0 aliphatic carbocycles. The minimum Gasteiger partial charge on any atom is -0.456 e. The van der Waals surface area contributed by atoms with Crippen molar-refractivity contribution in [2.75, 3.05) is 6.61 Å². The van der Waals surface area contributed by atoms with E-state index in [1.165, 1.54) is 0 Å². The highest BCUT2D eigenvalue weighted by molar-refractivity contribution is 6.33. The number of carbonyl (C=O) groups excluding carboxylic acids is 1. The summed E-state index contributed by atoms with van der Waals surface area (Å²) in [6, 6.07) is 5.09. The van der Waals surface area contributed by atoms with Crippen LogP contribution in [0.3, 0.4) is 0 Å². The highest BCUT2D eigenvalue weighted by atomic mass is 35.5. The van der Waals surface area contributed by atoms with Crippen LogP contribution >= 0.6 is 11.6 Å². The van der Waals surface area contributed by atoms with Crippen molar-refractivity contribution in [3.63, 3.8) is 0 Å². The molecule has 0 bridgehead atoms. The number of ether oxygens (including phenoxy) is 1. The molecule has 1 N–H and O–H groups in total. The fourth-order valence-electron chi connectivity index (χ4n) is 1.35. The Morgan fingerprint density at radius 2 is 2.06 bits per heavy atom. The Hall–Kier alpha value is -1.06. The number of halogens is 1. The molecule has 0 fully saturated rings. The van der Waals surface area contributed by atoms with Gasteiger partial charge in [-0.1, -0.05) is 17.7 Å². The smallest absolute Gasteiger partial charge is 0.340 e. The lowest BCUT2D eigenvalue weighted by Crippen LogP contribution is -2.24. The van der Waals surface area contributed by atoms with Gasteiger partial charge in [-0.3, -0.25) is 0 Å². The van der Waals surface area contributed by atoms with Crippen LogP contribution in [0.15, 0.2) is 18.2 Å². The summed E-state index contributed by atoms with van der Waals surface area (Å²) in [5, 5.41) is 9.22. The first kappa shape index (κ1) is 14.0. The molecule has 1 rings (SSSR count). The average Bonchev–Trinajstić information content (AvgIpc) is 2.18. The van der Waals surface area contributed by atoms with Gasteiger partial charge in [0.2, 0.25) is 0 Å². The number of aliphatic hydroxyl groups is 1. The van der Waals surface area contributed by atoms with Crippen LogP contribution in [0.2, 0.25) is 5.02 Å². The van der Waals surface area contributed by atoms with E-state index in [0.29, 0.717) is 17.0 Å². The molecule has 0 radical (unpaired) electrons. The maximum absolute atomic E-state index is 11.9. The molecule has 0 spiro atoms. The summed E-state index contributed by atoms with van der Waals surface area (Å²) in [7, 11) is 0. The topological polar surface area (TPSA) is 46.5 Å². The Labute approximate surface area is 106 Å². The molecular formula is C13H17ClO3. The van der Waals surface area contributed by atoms with Crippen LogP contribution in [0.5, 0.6) is 0 Å².